The Hall–Kier alpha value is -1.29. The molecule has 2 rings (SSSR count). The van der Waals surface area contributed by atoms with Crippen LogP contribution in [0.15, 0.2) is 41.6 Å². The molecule has 0 unspecified atom stereocenters. The van der Waals surface area contributed by atoms with Gasteiger partial charge in [-0.2, -0.15) is 5.10 Å². The molecule has 0 fully saturated rings. The number of nitrogens with zero attached hydrogens (tertiary/aromatic N) is 2. The van der Waals surface area contributed by atoms with Gasteiger partial charge in [0.15, 0.2) is 5.82 Å². The lowest BCUT2D eigenvalue weighted by Crippen LogP contribution is -2.01. The monoisotopic (exact) mass is 313 g/mol. The van der Waals surface area contributed by atoms with Gasteiger partial charge < -0.3 is 0 Å². The van der Waals surface area contributed by atoms with Crippen LogP contribution in [-0.2, 0) is 0 Å². The molecule has 0 aliphatic heterocycles. The Labute approximate surface area is 126 Å². The number of hydrazone groups is 1. The maximum absolute atomic E-state index is 5.98. The molecule has 0 bridgehead atoms. The van der Waals surface area contributed by atoms with Gasteiger partial charge in [-0.05, 0) is 30.7 Å². The largest absolute Gasteiger partial charge is 0.260 e. The van der Waals surface area contributed by atoms with Crippen LogP contribution < -0.4 is 5.43 Å². The molecule has 0 amide bonds. The van der Waals surface area contributed by atoms with Crippen molar-refractivity contribution in [3.63, 3.8) is 0 Å². The Balaban J connectivity index is 2.18. The first-order chi connectivity index (χ1) is 9.06. The van der Waals surface area contributed by atoms with Crippen molar-refractivity contribution in [1.82, 2.24) is 4.98 Å². The van der Waals surface area contributed by atoms with Gasteiger partial charge in [0.25, 0.3) is 0 Å². The van der Waals surface area contributed by atoms with Crippen LogP contribution >= 0.6 is 34.8 Å². The highest BCUT2D eigenvalue weighted by atomic mass is 35.5. The van der Waals surface area contributed by atoms with Crippen LogP contribution in [0.1, 0.15) is 12.5 Å². The summed E-state index contributed by atoms with van der Waals surface area (Å²) in [7, 11) is 0. The Morgan fingerprint density at radius 1 is 1.16 bits per heavy atom. The number of anilines is 1. The van der Waals surface area contributed by atoms with Gasteiger partial charge >= 0.3 is 0 Å². The van der Waals surface area contributed by atoms with E-state index in [0.29, 0.717) is 20.9 Å². The van der Waals surface area contributed by atoms with E-state index < -0.39 is 0 Å². The molecular formula is C13H10Cl3N3. The predicted molar refractivity (Wildman–Crippen MR) is 81.5 cm³/mol. The van der Waals surface area contributed by atoms with E-state index >= 15 is 0 Å². The van der Waals surface area contributed by atoms with Crippen molar-refractivity contribution in [2.45, 2.75) is 6.92 Å². The molecule has 6 heteroatoms. The second-order valence-electron chi connectivity index (χ2n) is 3.80. The number of benzene rings is 1. The van der Waals surface area contributed by atoms with Crippen molar-refractivity contribution in [1.29, 1.82) is 0 Å². The highest BCUT2D eigenvalue weighted by molar-refractivity contribution is 6.36. The predicted octanol–water partition coefficient (Wildman–Crippen LogP) is 4.88. The van der Waals surface area contributed by atoms with Gasteiger partial charge in [0, 0.05) is 11.2 Å². The van der Waals surface area contributed by atoms with Crippen LogP contribution in [0.2, 0.25) is 15.1 Å². The Morgan fingerprint density at radius 3 is 2.63 bits per heavy atom. The second-order valence-corrected chi connectivity index (χ2v) is 5.08. The number of hydrogen-bond acceptors (Lipinski definition) is 3. The third-order valence-electron chi connectivity index (χ3n) is 2.38. The molecule has 0 aliphatic rings. The molecule has 98 valence electrons. The van der Waals surface area contributed by atoms with Gasteiger partial charge in [0.05, 0.1) is 15.8 Å². The highest BCUT2D eigenvalue weighted by Gasteiger charge is 2.03. The highest BCUT2D eigenvalue weighted by Crippen LogP contribution is 2.22. The van der Waals surface area contributed by atoms with Crippen LogP contribution in [0.25, 0.3) is 0 Å². The summed E-state index contributed by atoms with van der Waals surface area (Å²) in [5, 5.41) is 5.77. The maximum atomic E-state index is 5.98. The molecule has 0 radical (unpaired) electrons. The quantitative estimate of drug-likeness (QED) is 0.647. The van der Waals surface area contributed by atoms with E-state index in [1.165, 1.54) is 6.20 Å². The second kappa shape index (κ2) is 6.24. The number of nitrogens with one attached hydrogen (secondary N) is 1. The van der Waals surface area contributed by atoms with Gasteiger partial charge in [0.1, 0.15) is 0 Å². The number of hydrogen-bond donors (Lipinski definition) is 1. The van der Waals surface area contributed by atoms with Crippen LogP contribution in [0, 0.1) is 0 Å². The Morgan fingerprint density at radius 2 is 1.95 bits per heavy atom. The molecule has 0 atom stereocenters. The zero-order valence-corrected chi connectivity index (χ0v) is 12.3. The van der Waals surface area contributed by atoms with Crippen molar-refractivity contribution in [3.8, 4) is 0 Å². The minimum atomic E-state index is 0.412. The first kappa shape index (κ1) is 14.1. The summed E-state index contributed by atoms with van der Waals surface area (Å²) in [6.07, 6.45) is 1.50. The maximum Gasteiger partial charge on any atom is 0.165 e. The number of rotatable bonds is 3. The third-order valence-corrected chi connectivity index (χ3v) is 3.11. The zero-order chi connectivity index (χ0) is 13.8. The van der Waals surface area contributed by atoms with E-state index in [-0.39, 0.29) is 0 Å². The van der Waals surface area contributed by atoms with E-state index in [2.05, 4.69) is 15.5 Å². The summed E-state index contributed by atoms with van der Waals surface area (Å²) in [5.41, 5.74) is 4.50. The summed E-state index contributed by atoms with van der Waals surface area (Å²) < 4.78 is 0. The summed E-state index contributed by atoms with van der Waals surface area (Å²) in [4.78, 5) is 4.05. The van der Waals surface area contributed by atoms with E-state index in [1.54, 1.807) is 6.07 Å². The molecule has 2 aromatic rings. The van der Waals surface area contributed by atoms with E-state index in [4.69, 9.17) is 34.8 Å². The molecular weight excluding hydrogens is 305 g/mol. The smallest absolute Gasteiger partial charge is 0.165 e. The number of aromatic nitrogens is 1. The SMILES string of the molecule is C/C(=N\Nc1ncc(Cl)cc1Cl)c1cccc(Cl)c1. The van der Waals surface area contributed by atoms with E-state index in [9.17, 15) is 0 Å². The molecule has 1 aromatic heterocycles. The Bertz CT molecular complexity index is 626. The molecule has 0 spiro atoms. The molecule has 0 saturated heterocycles. The standard InChI is InChI=1S/C13H10Cl3N3/c1-8(9-3-2-4-10(14)5-9)18-19-13-12(16)6-11(15)7-17-13/h2-7H,1H3,(H,17,19)/b18-8+. The summed E-state index contributed by atoms with van der Waals surface area (Å²) in [5.74, 6) is 0.451. The fourth-order valence-corrected chi connectivity index (χ4v) is 2.02. The van der Waals surface area contributed by atoms with E-state index in [0.717, 1.165) is 11.3 Å². The van der Waals surface area contributed by atoms with Crippen LogP contribution in [-0.4, -0.2) is 10.7 Å². The topological polar surface area (TPSA) is 37.3 Å². The summed E-state index contributed by atoms with van der Waals surface area (Å²) >= 11 is 17.7. The van der Waals surface area contributed by atoms with Gasteiger partial charge in [-0.1, -0.05) is 46.9 Å². The van der Waals surface area contributed by atoms with Crippen molar-refractivity contribution in [3.05, 3.63) is 57.2 Å². The van der Waals surface area contributed by atoms with Crippen LogP contribution in [0.5, 0.6) is 0 Å². The lowest BCUT2D eigenvalue weighted by Gasteiger charge is -2.05. The average molecular weight is 315 g/mol. The molecule has 3 nitrogen and oxygen atoms in total. The fourth-order valence-electron chi connectivity index (χ4n) is 1.41. The lowest BCUT2D eigenvalue weighted by atomic mass is 10.1. The van der Waals surface area contributed by atoms with Crippen molar-refractivity contribution in [2.24, 2.45) is 5.10 Å². The van der Waals surface area contributed by atoms with Crippen molar-refractivity contribution < 1.29 is 0 Å². The fraction of sp³-hybridized carbons (Fsp3) is 0.0769. The van der Waals surface area contributed by atoms with Gasteiger partial charge in [-0.25, -0.2) is 4.98 Å². The molecule has 1 aromatic carbocycles. The summed E-state index contributed by atoms with van der Waals surface area (Å²) in [6.45, 7) is 1.86. The van der Waals surface area contributed by atoms with Gasteiger partial charge in [-0.3, -0.25) is 5.43 Å². The van der Waals surface area contributed by atoms with Crippen molar-refractivity contribution in [2.75, 3.05) is 5.43 Å². The van der Waals surface area contributed by atoms with Crippen molar-refractivity contribution >= 4 is 46.3 Å². The molecule has 1 heterocycles. The molecule has 0 aliphatic carbocycles. The average Bonchev–Trinajstić information content (AvgIpc) is 2.37. The Kier molecular flexibility index (Phi) is 4.64. The van der Waals surface area contributed by atoms with Crippen LogP contribution in [0.3, 0.4) is 0 Å². The normalized spacial score (nSPS) is 11.5. The zero-order valence-electron chi connectivity index (χ0n) is 9.99. The number of pyridine rings is 1. The number of halogens is 3. The van der Waals surface area contributed by atoms with Gasteiger partial charge in [0.2, 0.25) is 0 Å². The third kappa shape index (κ3) is 3.83. The van der Waals surface area contributed by atoms with Crippen LogP contribution in [0.4, 0.5) is 5.82 Å². The molecule has 0 saturated carbocycles. The van der Waals surface area contributed by atoms with E-state index in [1.807, 2.05) is 31.2 Å². The minimum absolute atomic E-state index is 0.412. The first-order valence-electron chi connectivity index (χ1n) is 5.43. The minimum Gasteiger partial charge on any atom is -0.260 e. The van der Waals surface area contributed by atoms with Gasteiger partial charge in [-0.15, -0.1) is 0 Å². The first-order valence-corrected chi connectivity index (χ1v) is 6.57. The lowest BCUT2D eigenvalue weighted by molar-refractivity contribution is 1.22. The molecule has 1 N–H and O–H groups in total. The summed E-state index contributed by atoms with van der Waals surface area (Å²) in [6, 6.07) is 9.03. The molecule has 19 heavy (non-hydrogen) atoms.